The number of nitrogens with zero attached hydrogens (tertiary/aromatic N) is 1. The van der Waals surface area contributed by atoms with Gasteiger partial charge in [-0.15, -0.1) is 0 Å². The van der Waals surface area contributed by atoms with E-state index >= 15 is 0 Å². The summed E-state index contributed by atoms with van der Waals surface area (Å²) >= 11 is 0. The number of benzene rings is 1. The van der Waals surface area contributed by atoms with Gasteiger partial charge in [0.15, 0.2) is 5.78 Å². The largest absolute Gasteiger partial charge is 0.497 e. The summed E-state index contributed by atoms with van der Waals surface area (Å²) in [4.78, 5) is 54.9. The molecule has 0 bridgehead atoms. The number of carbonyl (C=O) groups is 4. The molecule has 1 aliphatic carbocycles. The fourth-order valence-electron chi connectivity index (χ4n) is 5.21. The summed E-state index contributed by atoms with van der Waals surface area (Å²) in [5, 5.41) is 29.0. The maximum absolute atomic E-state index is 13.8. The Morgan fingerprint density at radius 1 is 1.05 bits per heavy atom. The van der Waals surface area contributed by atoms with Gasteiger partial charge in [0.1, 0.15) is 29.5 Å². The SMILES string of the molecule is COc1ccc([C@@H](O)[C@H](NC(=O)C(CO)NC(=O)CN2CCOCC2)C(=O)NC(CC2=CCCC2)C(=O)C2(C)CO2)cc1. The van der Waals surface area contributed by atoms with Crippen molar-refractivity contribution in [1.29, 1.82) is 0 Å². The van der Waals surface area contributed by atoms with Gasteiger partial charge in [0.05, 0.1) is 46.1 Å². The molecule has 5 N–H and O–H groups in total. The van der Waals surface area contributed by atoms with Crippen molar-refractivity contribution in [2.45, 2.75) is 62.4 Å². The maximum atomic E-state index is 13.8. The number of ketones is 1. The summed E-state index contributed by atoms with van der Waals surface area (Å²) in [6.07, 6.45) is 3.49. The molecule has 2 aliphatic heterocycles. The van der Waals surface area contributed by atoms with Gasteiger partial charge in [-0.1, -0.05) is 23.8 Å². The normalized spacial score (nSPS) is 22.8. The summed E-state index contributed by atoms with van der Waals surface area (Å²) in [6.45, 7) is 3.26. The van der Waals surface area contributed by atoms with Crippen molar-refractivity contribution in [3.63, 3.8) is 0 Å². The van der Waals surface area contributed by atoms with Gasteiger partial charge in [-0.2, -0.15) is 0 Å². The number of hydrogen-bond donors (Lipinski definition) is 5. The van der Waals surface area contributed by atoms with Crippen molar-refractivity contribution in [2.24, 2.45) is 0 Å². The second kappa shape index (κ2) is 14.9. The van der Waals surface area contributed by atoms with E-state index in [4.69, 9.17) is 14.2 Å². The minimum Gasteiger partial charge on any atom is -0.497 e. The smallest absolute Gasteiger partial charge is 0.246 e. The van der Waals surface area contributed by atoms with Crippen molar-refractivity contribution < 1.29 is 43.6 Å². The predicted molar refractivity (Wildman–Crippen MR) is 154 cm³/mol. The average Bonchev–Trinajstić information content (AvgIpc) is 3.56. The molecule has 1 aromatic rings. The molecule has 3 unspecified atom stereocenters. The monoisotopic (exact) mass is 602 g/mol. The van der Waals surface area contributed by atoms with Crippen molar-refractivity contribution >= 4 is 23.5 Å². The quantitative estimate of drug-likeness (QED) is 0.128. The highest BCUT2D eigenvalue weighted by Crippen LogP contribution is 2.31. The second-order valence-electron chi connectivity index (χ2n) is 11.3. The Morgan fingerprint density at radius 2 is 1.74 bits per heavy atom. The molecule has 13 heteroatoms. The van der Waals surface area contributed by atoms with Gasteiger partial charge < -0.3 is 40.4 Å². The lowest BCUT2D eigenvalue weighted by Gasteiger charge is -2.29. The lowest BCUT2D eigenvalue weighted by Crippen LogP contribution is -2.59. The molecule has 2 fully saturated rings. The Hall–Kier alpha value is -3.36. The molecule has 0 saturated carbocycles. The van der Waals surface area contributed by atoms with Crippen LogP contribution in [-0.2, 0) is 28.7 Å². The van der Waals surface area contributed by atoms with Crippen molar-refractivity contribution in [3.8, 4) is 5.75 Å². The van der Waals surface area contributed by atoms with E-state index in [2.05, 4.69) is 22.0 Å². The standard InChI is InChI=1S/C30H42N4O9/c1-30(18-43-30)27(38)22(15-19-5-3-4-6-19)32-29(40)25(26(37)20-7-9-21(41-2)10-8-20)33-28(39)23(17-35)31-24(36)16-34-11-13-42-14-12-34/h5,7-10,22-23,25-26,35,37H,3-4,6,11-18H2,1-2H3,(H,31,36)(H,32,40)(H,33,39)/t22?,23?,25-,26+,30?/m0/s1. The third-order valence-electron chi connectivity index (χ3n) is 7.99. The number of nitrogens with one attached hydrogen (secondary N) is 3. The van der Waals surface area contributed by atoms with Crippen LogP contribution in [0.3, 0.4) is 0 Å². The van der Waals surface area contributed by atoms with Crippen LogP contribution in [0.5, 0.6) is 5.75 Å². The Labute approximate surface area is 250 Å². The van der Waals surface area contributed by atoms with Crippen LogP contribution in [0.4, 0.5) is 0 Å². The fourth-order valence-corrected chi connectivity index (χ4v) is 5.21. The molecule has 5 atom stereocenters. The molecule has 1 aromatic carbocycles. The Morgan fingerprint density at radius 3 is 2.33 bits per heavy atom. The zero-order valence-electron chi connectivity index (χ0n) is 24.7. The fraction of sp³-hybridized carbons (Fsp3) is 0.600. The molecule has 3 amide bonds. The van der Waals surface area contributed by atoms with Crippen molar-refractivity contribution in [1.82, 2.24) is 20.9 Å². The molecular formula is C30H42N4O9. The molecule has 3 aliphatic rings. The molecule has 0 radical (unpaired) electrons. The van der Waals surface area contributed by atoms with E-state index in [1.807, 2.05) is 4.90 Å². The zero-order valence-corrected chi connectivity index (χ0v) is 24.7. The minimum atomic E-state index is -1.56. The highest BCUT2D eigenvalue weighted by atomic mass is 16.6. The molecule has 43 heavy (non-hydrogen) atoms. The van der Waals surface area contributed by atoms with Gasteiger partial charge in [0.2, 0.25) is 17.7 Å². The topological polar surface area (TPSA) is 179 Å². The maximum Gasteiger partial charge on any atom is 0.246 e. The van der Waals surface area contributed by atoms with Crippen molar-refractivity contribution in [2.75, 3.05) is 53.2 Å². The summed E-state index contributed by atoms with van der Waals surface area (Å²) in [5.41, 5.74) is 0.344. The highest BCUT2D eigenvalue weighted by Gasteiger charge is 2.50. The van der Waals surface area contributed by atoms with Crippen LogP contribution in [0.15, 0.2) is 35.9 Å². The number of morpholine rings is 1. The van der Waals surface area contributed by atoms with Crippen LogP contribution < -0.4 is 20.7 Å². The van der Waals surface area contributed by atoms with E-state index in [0.29, 0.717) is 44.0 Å². The van der Waals surface area contributed by atoms with Gasteiger partial charge in [-0.25, -0.2) is 0 Å². The summed E-state index contributed by atoms with van der Waals surface area (Å²) in [5.74, 6) is -1.92. The van der Waals surface area contributed by atoms with Gasteiger partial charge in [-0.05, 0) is 50.3 Å². The first-order valence-corrected chi connectivity index (χ1v) is 14.6. The number of allylic oxidation sites excluding steroid dienone is 1. The first-order valence-electron chi connectivity index (χ1n) is 14.6. The number of methoxy groups -OCH3 is 1. The summed E-state index contributed by atoms with van der Waals surface area (Å²) in [7, 11) is 1.49. The molecular weight excluding hydrogens is 560 g/mol. The molecule has 0 aromatic heterocycles. The summed E-state index contributed by atoms with van der Waals surface area (Å²) < 4.78 is 15.8. The van der Waals surface area contributed by atoms with Crippen LogP contribution in [0.1, 0.15) is 44.3 Å². The van der Waals surface area contributed by atoms with E-state index in [9.17, 15) is 29.4 Å². The van der Waals surface area contributed by atoms with Crippen LogP contribution >= 0.6 is 0 Å². The molecule has 0 spiro atoms. The molecule has 13 nitrogen and oxygen atoms in total. The van der Waals surface area contributed by atoms with Gasteiger partial charge in [-0.3, -0.25) is 24.1 Å². The first kappa shape index (κ1) is 32.6. The Balaban J connectivity index is 1.51. The number of carbonyl (C=O) groups excluding carboxylic acids is 4. The van der Waals surface area contributed by atoms with E-state index in [0.717, 1.165) is 24.8 Å². The number of Topliss-reactive ketones (excluding diaryl/α,β-unsaturated/α-hetero) is 1. The van der Waals surface area contributed by atoms with E-state index in [1.54, 1.807) is 31.2 Å². The van der Waals surface area contributed by atoms with Crippen LogP contribution in [0.2, 0.25) is 0 Å². The number of ether oxygens (including phenoxy) is 3. The number of epoxide rings is 1. The lowest BCUT2D eigenvalue weighted by atomic mass is 9.93. The number of aliphatic hydroxyl groups excluding tert-OH is 2. The Bertz CT molecular complexity index is 1180. The van der Waals surface area contributed by atoms with Crippen LogP contribution in [-0.4, -0.2) is 116 Å². The van der Waals surface area contributed by atoms with E-state index in [-0.39, 0.29) is 18.9 Å². The molecule has 236 valence electrons. The third-order valence-corrected chi connectivity index (χ3v) is 7.99. The van der Waals surface area contributed by atoms with E-state index in [1.165, 1.54) is 7.11 Å². The average molecular weight is 603 g/mol. The first-order chi connectivity index (χ1) is 20.6. The molecule has 2 heterocycles. The minimum absolute atomic E-state index is 0.00596. The highest BCUT2D eigenvalue weighted by molar-refractivity contribution is 5.98. The second-order valence-corrected chi connectivity index (χ2v) is 11.3. The number of hydrogen-bond acceptors (Lipinski definition) is 10. The number of rotatable bonds is 15. The van der Waals surface area contributed by atoms with Gasteiger partial charge in [0, 0.05) is 13.1 Å². The van der Waals surface area contributed by atoms with Gasteiger partial charge in [0.25, 0.3) is 0 Å². The molecule has 4 rings (SSSR count). The number of amides is 3. The third kappa shape index (κ3) is 8.83. The number of aliphatic hydroxyl groups is 2. The van der Waals surface area contributed by atoms with E-state index < -0.39 is 54.2 Å². The van der Waals surface area contributed by atoms with Crippen LogP contribution in [0.25, 0.3) is 0 Å². The molecule has 2 saturated heterocycles. The zero-order chi connectivity index (χ0) is 31.0. The predicted octanol–water partition coefficient (Wildman–Crippen LogP) is -0.634. The lowest BCUT2D eigenvalue weighted by molar-refractivity contribution is -0.137. The van der Waals surface area contributed by atoms with Crippen molar-refractivity contribution in [3.05, 3.63) is 41.5 Å². The summed E-state index contributed by atoms with van der Waals surface area (Å²) in [6, 6.07) is 2.42. The Kier molecular flexibility index (Phi) is 11.3. The van der Waals surface area contributed by atoms with Crippen LogP contribution in [0, 0.1) is 0 Å². The van der Waals surface area contributed by atoms with Gasteiger partial charge >= 0.3 is 0 Å².